The lowest BCUT2D eigenvalue weighted by Gasteiger charge is -2.14. The molecule has 0 bridgehead atoms. The Labute approximate surface area is 182 Å². The van der Waals surface area contributed by atoms with Crippen LogP contribution in [0.25, 0.3) is 0 Å². The predicted octanol–water partition coefficient (Wildman–Crippen LogP) is 3.74. The number of nitrogens with one attached hydrogen (secondary N) is 1. The molecule has 1 heterocycles. The molecular formula is C21H20FN2O7P. The number of phosphoric ester groups is 1. The number of alkyl halides is 1. The summed E-state index contributed by atoms with van der Waals surface area (Å²) in [6.45, 7) is 0.404. The Morgan fingerprint density at radius 1 is 1.12 bits per heavy atom. The summed E-state index contributed by atoms with van der Waals surface area (Å²) in [7, 11) is -4.75. The second-order valence-corrected chi connectivity index (χ2v) is 8.00. The summed E-state index contributed by atoms with van der Waals surface area (Å²) in [6.07, 6.45) is 1.20. The lowest BCUT2D eigenvalue weighted by Crippen LogP contribution is -2.21. The molecule has 168 valence electrons. The van der Waals surface area contributed by atoms with Gasteiger partial charge in [-0.1, -0.05) is 24.3 Å². The first-order valence-electron chi connectivity index (χ1n) is 9.30. The lowest BCUT2D eigenvalue weighted by atomic mass is 10.1. The van der Waals surface area contributed by atoms with E-state index in [4.69, 9.17) is 14.5 Å². The summed E-state index contributed by atoms with van der Waals surface area (Å²) >= 11 is 0. The monoisotopic (exact) mass is 462 g/mol. The van der Waals surface area contributed by atoms with Gasteiger partial charge < -0.3 is 19.8 Å². The second kappa shape index (κ2) is 9.88. The van der Waals surface area contributed by atoms with E-state index in [2.05, 4.69) is 9.84 Å². The maximum atomic E-state index is 13.2. The van der Waals surface area contributed by atoms with Crippen LogP contribution in [0.4, 0.5) is 10.1 Å². The molecule has 0 aliphatic rings. The van der Waals surface area contributed by atoms with Gasteiger partial charge in [-0.15, -0.1) is 0 Å². The van der Waals surface area contributed by atoms with Crippen molar-refractivity contribution in [3.63, 3.8) is 0 Å². The van der Waals surface area contributed by atoms with E-state index in [9.17, 15) is 18.5 Å². The number of para-hydroxylation sites is 1. The van der Waals surface area contributed by atoms with Crippen LogP contribution in [0.3, 0.4) is 0 Å². The summed E-state index contributed by atoms with van der Waals surface area (Å²) in [4.78, 5) is 42.5. The molecule has 0 radical (unpaired) electrons. The highest BCUT2D eigenvalue weighted by molar-refractivity contribution is 7.46. The van der Waals surface area contributed by atoms with E-state index in [1.54, 1.807) is 12.1 Å². The van der Waals surface area contributed by atoms with Crippen molar-refractivity contribution in [2.75, 3.05) is 5.32 Å². The highest BCUT2D eigenvalue weighted by Crippen LogP contribution is 2.36. The third-order valence-electron chi connectivity index (χ3n) is 4.38. The number of aromatic nitrogens is 1. The Kier molecular flexibility index (Phi) is 7.22. The fraction of sp³-hybridized carbons (Fsp3) is 0.143. The maximum absolute atomic E-state index is 13.2. The number of phosphoric acid groups is 1. The first kappa shape index (κ1) is 23.4. The average Bonchev–Trinajstić information content (AvgIpc) is 2.74. The van der Waals surface area contributed by atoms with Gasteiger partial charge in [0.05, 0.1) is 5.56 Å². The smallest absolute Gasteiger partial charge is 0.456 e. The molecule has 0 saturated heterocycles. The Balaban J connectivity index is 1.84. The molecular weight excluding hydrogens is 442 g/mol. The predicted molar refractivity (Wildman–Crippen MR) is 114 cm³/mol. The number of carbonyl (C=O) groups is 1. The molecule has 32 heavy (non-hydrogen) atoms. The third-order valence-corrected chi connectivity index (χ3v) is 4.83. The molecule has 0 aliphatic carbocycles. The lowest BCUT2D eigenvalue weighted by molar-refractivity contribution is 0.102. The Morgan fingerprint density at radius 2 is 1.88 bits per heavy atom. The highest BCUT2D eigenvalue weighted by atomic mass is 31.2. The molecule has 1 aromatic heterocycles. The molecule has 9 nitrogen and oxygen atoms in total. The van der Waals surface area contributed by atoms with Gasteiger partial charge in [-0.25, -0.2) is 8.96 Å². The van der Waals surface area contributed by atoms with Crippen molar-refractivity contribution in [1.82, 2.24) is 4.57 Å². The van der Waals surface area contributed by atoms with E-state index in [1.165, 1.54) is 30.5 Å². The summed E-state index contributed by atoms with van der Waals surface area (Å²) < 4.78 is 35.0. The van der Waals surface area contributed by atoms with Crippen LogP contribution >= 0.6 is 7.82 Å². The van der Waals surface area contributed by atoms with Gasteiger partial charge in [0.15, 0.2) is 0 Å². The number of amides is 1. The number of halogens is 1. The SMILES string of the molecule is Cc1ccccc1Oc1ccc(CF)cc1C(=O)Nc1ccn(COP(=O)(O)O)c(=O)c1. The molecule has 3 N–H and O–H groups in total. The number of pyridine rings is 1. The number of ether oxygens (including phenoxy) is 1. The van der Waals surface area contributed by atoms with Crippen LogP contribution in [0.1, 0.15) is 21.5 Å². The van der Waals surface area contributed by atoms with E-state index in [0.29, 0.717) is 5.75 Å². The fourth-order valence-electron chi connectivity index (χ4n) is 2.74. The Morgan fingerprint density at radius 3 is 2.53 bits per heavy atom. The standard InChI is InChI=1S/C21H20FN2O7P/c1-14-4-2-3-5-18(14)31-19-7-6-15(12-22)10-17(19)21(26)23-16-8-9-24(20(25)11-16)13-30-32(27,28)29/h2-11H,12-13H2,1H3,(H,23,26)(H2,27,28,29). The molecule has 0 fully saturated rings. The van der Waals surface area contributed by atoms with E-state index < -0.39 is 32.7 Å². The topological polar surface area (TPSA) is 127 Å². The van der Waals surface area contributed by atoms with Gasteiger partial charge in [-0.2, -0.15) is 0 Å². The second-order valence-electron chi connectivity index (χ2n) is 6.76. The molecule has 0 aliphatic heterocycles. The molecule has 3 aromatic rings. The minimum Gasteiger partial charge on any atom is -0.456 e. The van der Waals surface area contributed by atoms with Gasteiger partial charge in [0, 0.05) is 18.0 Å². The number of benzene rings is 2. The van der Waals surface area contributed by atoms with E-state index in [-0.39, 0.29) is 22.6 Å². The van der Waals surface area contributed by atoms with Crippen LogP contribution in [0, 0.1) is 6.92 Å². The maximum Gasteiger partial charge on any atom is 0.471 e. The van der Waals surface area contributed by atoms with Gasteiger partial charge in [0.1, 0.15) is 24.9 Å². The zero-order chi connectivity index (χ0) is 23.3. The van der Waals surface area contributed by atoms with Crippen molar-refractivity contribution >= 4 is 19.4 Å². The summed E-state index contributed by atoms with van der Waals surface area (Å²) in [5, 5.41) is 2.54. The van der Waals surface area contributed by atoms with Crippen molar-refractivity contribution in [2.45, 2.75) is 20.3 Å². The van der Waals surface area contributed by atoms with Crippen LogP contribution in [-0.2, 0) is 22.5 Å². The van der Waals surface area contributed by atoms with E-state index in [1.807, 2.05) is 19.1 Å². The van der Waals surface area contributed by atoms with E-state index in [0.717, 1.165) is 16.2 Å². The van der Waals surface area contributed by atoms with Crippen LogP contribution < -0.4 is 15.6 Å². The van der Waals surface area contributed by atoms with Crippen molar-refractivity contribution < 1.29 is 32.8 Å². The number of anilines is 1. The minimum absolute atomic E-state index is 0.0671. The quantitative estimate of drug-likeness (QED) is 0.435. The average molecular weight is 462 g/mol. The molecule has 0 spiro atoms. The molecule has 0 atom stereocenters. The molecule has 0 unspecified atom stereocenters. The minimum atomic E-state index is -4.75. The number of nitrogens with zero attached hydrogens (tertiary/aromatic N) is 1. The molecule has 2 aromatic carbocycles. The number of aryl methyl sites for hydroxylation is 1. The van der Waals surface area contributed by atoms with Gasteiger partial charge in [0.2, 0.25) is 0 Å². The number of rotatable bonds is 8. The van der Waals surface area contributed by atoms with Crippen molar-refractivity contribution in [3.8, 4) is 11.5 Å². The largest absolute Gasteiger partial charge is 0.471 e. The zero-order valence-corrected chi connectivity index (χ0v) is 17.8. The highest BCUT2D eigenvalue weighted by Gasteiger charge is 2.17. The normalized spacial score (nSPS) is 11.2. The van der Waals surface area contributed by atoms with Gasteiger partial charge in [0.25, 0.3) is 11.5 Å². The summed E-state index contributed by atoms with van der Waals surface area (Å²) in [5.74, 6) is 0.104. The number of carbonyl (C=O) groups excluding carboxylic acids is 1. The molecule has 1 amide bonds. The molecule has 0 saturated carbocycles. The van der Waals surface area contributed by atoms with Crippen molar-refractivity contribution in [3.05, 3.63) is 87.8 Å². The van der Waals surface area contributed by atoms with Crippen LogP contribution in [0.2, 0.25) is 0 Å². The summed E-state index contributed by atoms with van der Waals surface area (Å²) in [6, 6.07) is 14.0. The Bertz CT molecular complexity index is 1240. The van der Waals surface area contributed by atoms with Crippen LogP contribution in [0.5, 0.6) is 11.5 Å². The zero-order valence-electron chi connectivity index (χ0n) is 16.9. The first-order chi connectivity index (χ1) is 15.2. The van der Waals surface area contributed by atoms with Gasteiger partial charge >= 0.3 is 7.82 Å². The molecule has 11 heteroatoms. The van der Waals surface area contributed by atoms with Crippen molar-refractivity contribution in [1.29, 1.82) is 0 Å². The summed E-state index contributed by atoms with van der Waals surface area (Å²) in [5.41, 5.74) is 0.648. The third kappa shape index (κ3) is 6.12. The van der Waals surface area contributed by atoms with E-state index >= 15 is 0 Å². The number of hydrogen-bond donors (Lipinski definition) is 3. The number of hydrogen-bond acceptors (Lipinski definition) is 5. The molecule has 3 rings (SSSR count). The fourth-order valence-corrected chi connectivity index (χ4v) is 3.02. The van der Waals surface area contributed by atoms with Gasteiger partial charge in [-0.05, 0) is 42.3 Å². The van der Waals surface area contributed by atoms with Crippen LogP contribution in [-0.4, -0.2) is 20.3 Å². The van der Waals surface area contributed by atoms with Crippen molar-refractivity contribution in [2.24, 2.45) is 0 Å². The first-order valence-corrected chi connectivity index (χ1v) is 10.8. The van der Waals surface area contributed by atoms with Crippen LogP contribution in [0.15, 0.2) is 65.6 Å². The van der Waals surface area contributed by atoms with Gasteiger partial charge in [-0.3, -0.25) is 18.7 Å². The Hall–Kier alpha value is -3.30.